The normalized spacial score (nSPS) is 21.5. The molecule has 8 heterocycles. The van der Waals surface area contributed by atoms with Gasteiger partial charge in [-0.05, 0) is 92.6 Å². The van der Waals surface area contributed by atoms with E-state index >= 15 is 0 Å². The Morgan fingerprint density at radius 1 is 0.471 bits per heavy atom. The molecular formula is C72H85ClN16O26S6. The summed E-state index contributed by atoms with van der Waals surface area (Å²) in [6.07, 6.45) is 11.7. The monoisotopic (exact) mass is 1820 g/mol. The van der Waals surface area contributed by atoms with Gasteiger partial charge in [0.15, 0.2) is 17.3 Å². The number of hydrogen-bond acceptors (Lipinski definition) is 40. The van der Waals surface area contributed by atoms with Gasteiger partial charge in [-0.1, -0.05) is 41.9 Å². The van der Waals surface area contributed by atoms with Gasteiger partial charge in [-0.15, -0.1) is 22.7 Å². The Balaban J connectivity index is 0.000000170. The molecule has 8 aromatic heterocycles. The number of aromatic nitrogens is 8. The highest BCUT2D eigenvalue weighted by Gasteiger charge is 2.40. The van der Waals surface area contributed by atoms with Gasteiger partial charge in [0.2, 0.25) is 23.1 Å². The second-order valence-electron chi connectivity index (χ2n) is 28.0. The van der Waals surface area contributed by atoms with E-state index in [9.17, 15) is 78.1 Å². The molecule has 4 aliphatic rings. The maximum absolute atomic E-state index is 13.3. The van der Waals surface area contributed by atoms with E-state index in [0.29, 0.717) is 90.5 Å². The van der Waals surface area contributed by atoms with E-state index in [2.05, 4.69) is 77.9 Å². The van der Waals surface area contributed by atoms with Crippen molar-refractivity contribution < 1.29 is 118 Å². The molecule has 9 aromatic rings. The molecule has 12 atom stereocenters. The molecule has 13 rings (SSSR count). The molecule has 0 spiro atoms. The van der Waals surface area contributed by atoms with Crippen molar-refractivity contribution in [2.45, 2.75) is 120 Å². The average molecular weight is 1820 g/mol. The number of anilines is 4. The van der Waals surface area contributed by atoms with E-state index in [4.69, 9.17) is 55.6 Å². The van der Waals surface area contributed by atoms with Gasteiger partial charge in [0.1, 0.15) is 65.3 Å². The first-order valence-electron chi connectivity index (χ1n) is 36.5. The van der Waals surface area contributed by atoms with Crippen molar-refractivity contribution >= 4 is 128 Å². The minimum absolute atomic E-state index is 0.0350. The van der Waals surface area contributed by atoms with Crippen molar-refractivity contribution in [2.24, 2.45) is 44.2 Å². The Bertz CT molecular complexity index is 5410. The minimum atomic E-state index is -4.12. The highest BCUT2D eigenvalue weighted by atomic mass is 35.5. The smallest absolute Gasteiger partial charge is 0.333 e. The molecule has 652 valence electrons. The highest BCUT2D eigenvalue weighted by Crippen LogP contribution is 2.37. The van der Waals surface area contributed by atoms with Gasteiger partial charge in [0, 0.05) is 98.0 Å². The van der Waals surface area contributed by atoms with E-state index in [1.807, 2.05) is 5.38 Å². The molecule has 4 fully saturated rings. The number of aliphatic hydroxyl groups excluding tert-OH is 5. The fourth-order valence-corrected chi connectivity index (χ4v) is 17.0. The molecule has 0 amide bonds. The predicted octanol–water partition coefficient (Wildman–Crippen LogP) is 2.89. The lowest BCUT2D eigenvalue weighted by Gasteiger charge is -2.15. The summed E-state index contributed by atoms with van der Waals surface area (Å²) >= 11 is 8.60. The third-order valence-corrected chi connectivity index (χ3v) is 23.4. The quantitative estimate of drug-likeness (QED) is 0.0254. The number of thiophene rings is 2. The lowest BCUT2D eigenvalue weighted by atomic mass is 10.0. The van der Waals surface area contributed by atoms with Crippen LogP contribution in [0.15, 0.2) is 131 Å². The number of carbonyl (C=O) groups is 5. The SMILES string of the molecule is COCc1ccc(C(=O)c2cncnc2N[C@@H]2C[C@H](COS(N)(=O)=O)[C@@H](O)C2)o1.COCc1csc(C(=O)c2cncnc2N[C@@H]2C[C@H](COS(N)(=O)=O)[C@@H](O)C2)c1.NS(=O)(=O)OC[C@H]1C[C@@H](Nc2ncncc2C(=O)c2cc(C(=O)c3ccccc3)c(Cl)s2)C[C@@H]1O.NS(=O)(=O)OC[C@H]1C[C@@H](Nc2ncncc2C(=O)c2cc(CO)co2)C[C@@H]1O. The zero-order chi connectivity index (χ0) is 87.5. The summed E-state index contributed by atoms with van der Waals surface area (Å²) in [5, 5.41) is 83.5. The summed E-state index contributed by atoms with van der Waals surface area (Å²) in [6, 6.07) is 15.4. The van der Waals surface area contributed by atoms with Gasteiger partial charge in [-0.25, -0.2) is 60.4 Å². The minimum Gasteiger partial charge on any atom is -0.460 e. The Kier molecular flexibility index (Phi) is 33.0. The Labute approximate surface area is 705 Å². The van der Waals surface area contributed by atoms with Crippen LogP contribution in [0.5, 0.6) is 0 Å². The lowest BCUT2D eigenvalue weighted by Crippen LogP contribution is -2.24. The average Bonchev–Trinajstić information content (AvgIpc) is 1.52. The van der Waals surface area contributed by atoms with Crippen LogP contribution in [-0.2, 0) is 87.2 Å². The number of carbonyl (C=O) groups excluding carboxylic acids is 5. The number of methoxy groups -OCH3 is 2. The maximum Gasteiger partial charge on any atom is 0.333 e. The van der Waals surface area contributed by atoms with Crippen molar-refractivity contribution in [1.82, 2.24) is 39.9 Å². The number of hydrogen-bond donors (Lipinski definition) is 13. The Hall–Kier alpha value is -9.46. The Morgan fingerprint density at radius 3 is 1.22 bits per heavy atom. The molecule has 17 N–H and O–H groups in total. The van der Waals surface area contributed by atoms with Crippen molar-refractivity contribution in [3.05, 3.63) is 198 Å². The number of nitrogens with two attached hydrogens (primary N) is 4. The highest BCUT2D eigenvalue weighted by molar-refractivity contribution is 7.85. The van der Waals surface area contributed by atoms with E-state index < -0.39 is 107 Å². The van der Waals surface area contributed by atoms with Gasteiger partial charge in [0.25, 0.3) is 0 Å². The number of ether oxygens (including phenoxy) is 2. The van der Waals surface area contributed by atoms with Crippen molar-refractivity contribution in [2.75, 3.05) is 61.9 Å². The van der Waals surface area contributed by atoms with Crippen molar-refractivity contribution in [3.63, 3.8) is 0 Å². The summed E-state index contributed by atoms with van der Waals surface area (Å²) in [5.74, 6) is -1.68. The number of rotatable bonds is 35. The van der Waals surface area contributed by atoms with Gasteiger partial charge in [-0.2, -0.15) is 33.7 Å². The third-order valence-electron chi connectivity index (χ3n) is 19.2. The zero-order valence-corrected chi connectivity index (χ0v) is 69.8. The number of halogens is 1. The second kappa shape index (κ2) is 42.6. The summed E-state index contributed by atoms with van der Waals surface area (Å²) in [5.41, 5.74) is 2.92. The van der Waals surface area contributed by atoms with Crippen LogP contribution in [-0.4, -0.2) is 217 Å². The van der Waals surface area contributed by atoms with E-state index in [1.54, 1.807) is 55.6 Å². The van der Waals surface area contributed by atoms with Crippen LogP contribution in [0.25, 0.3) is 0 Å². The van der Waals surface area contributed by atoms with Gasteiger partial charge in [0.05, 0.1) is 108 Å². The lowest BCUT2D eigenvalue weighted by molar-refractivity contribution is 0.0994. The second-order valence-corrected chi connectivity index (χ2v) is 35.5. The molecule has 0 aliphatic heterocycles. The molecular weight excluding hydrogens is 1730 g/mol. The van der Waals surface area contributed by atoms with Crippen LogP contribution in [0.4, 0.5) is 23.3 Å². The van der Waals surface area contributed by atoms with E-state index in [-0.39, 0.29) is 136 Å². The fourth-order valence-electron chi connectivity index (χ4n) is 13.5. The summed E-state index contributed by atoms with van der Waals surface area (Å²) in [7, 11) is -13.2. The molecule has 49 heteroatoms. The number of aliphatic hydroxyl groups is 5. The number of ketones is 5. The summed E-state index contributed by atoms with van der Waals surface area (Å²) in [6.45, 7) is -0.500. The third kappa shape index (κ3) is 27.5. The molecule has 4 aliphatic carbocycles. The maximum atomic E-state index is 13.3. The largest absolute Gasteiger partial charge is 0.460 e. The number of benzene rings is 1. The molecule has 42 nitrogen and oxygen atoms in total. The molecule has 0 bridgehead atoms. The van der Waals surface area contributed by atoms with Crippen molar-refractivity contribution in [1.29, 1.82) is 0 Å². The fraction of sp³-hybridized carbons (Fsp3) is 0.403. The summed E-state index contributed by atoms with van der Waals surface area (Å²) in [4.78, 5) is 97.5. The van der Waals surface area contributed by atoms with Gasteiger partial charge >= 0.3 is 41.2 Å². The standard InChI is InChI=1S/C22H21ClN4O6S2.C17H22N4O7S.C17H22N4O6S2.C16H20N4O7S/c23-21-15(19(29)12-4-2-1-3-5-12)8-18(34-21)20(30)16-9-25-11-26-22(16)27-14-6-13(17(28)7-14)10-33-35(24,31)32;1-26-8-12-2-3-15(28-12)16(23)13-6-19-9-20-17(13)21-11-4-10(14(22)5-11)7-27-29(18,24)25;1-26-6-10-2-15(28-8-10)16(23)13-5-19-9-20-17(13)21-12-3-11(14(22)4-12)7-27-29(18,24)25;17-28(24,25)27-7-10-2-11(3-13(10)22)20-16-12(4-18-8-19-16)15(23)14-1-9(5-21)6-26-14/h1-5,8-9,11,13-14,17,28H,6-7,10H2,(H2,24,31,32)(H,25,26,27);2-3,6,9-11,14,22H,4-5,7-8H2,1H3,(H2,18,24,25)(H,19,20,21);2,5,8-9,11-12,14,22H,3-4,6-7H2,1H3,(H2,18,24,25)(H,19,20,21);1,4,6,8,10-11,13,21-22H,2-3,5,7H2,(H2,17,24,25)(H,18,19,20)/t13-,14-,17+;10-,11-,14+;11-,12-,14+;10-,11-,13+/m1111/s1. The van der Waals surface area contributed by atoms with Crippen LogP contribution >= 0.6 is 34.3 Å². The Morgan fingerprint density at radius 2 is 0.851 bits per heavy atom. The summed E-state index contributed by atoms with van der Waals surface area (Å²) < 4.78 is 127. The first-order chi connectivity index (χ1) is 57.4. The number of nitrogens with zero attached hydrogens (tertiary/aromatic N) is 8. The van der Waals surface area contributed by atoms with E-state index in [0.717, 1.165) is 16.9 Å². The molecule has 0 radical (unpaired) electrons. The van der Waals surface area contributed by atoms with Crippen molar-refractivity contribution in [3.8, 4) is 0 Å². The molecule has 0 saturated heterocycles. The molecule has 0 unspecified atom stereocenters. The number of furan rings is 2. The predicted molar refractivity (Wildman–Crippen MR) is 431 cm³/mol. The van der Waals surface area contributed by atoms with Crippen LogP contribution in [0.3, 0.4) is 0 Å². The van der Waals surface area contributed by atoms with Crippen LogP contribution in [0, 0.1) is 23.7 Å². The first kappa shape index (κ1) is 93.8. The van der Waals surface area contributed by atoms with E-state index in [1.165, 1.54) is 86.9 Å². The van der Waals surface area contributed by atoms with Crippen LogP contribution in [0.1, 0.15) is 147 Å². The molecule has 1 aromatic carbocycles. The first-order valence-corrected chi connectivity index (χ1v) is 44.4. The zero-order valence-electron chi connectivity index (χ0n) is 64.1. The molecule has 121 heavy (non-hydrogen) atoms. The number of nitrogens with one attached hydrogen (secondary N) is 4. The van der Waals surface area contributed by atoms with Gasteiger partial charge < -0.3 is 65.1 Å². The molecule has 4 saturated carbocycles. The van der Waals surface area contributed by atoms with Crippen LogP contribution < -0.4 is 41.8 Å². The van der Waals surface area contributed by atoms with Crippen LogP contribution in [0.2, 0.25) is 4.34 Å². The van der Waals surface area contributed by atoms with Gasteiger partial charge in [-0.3, -0.25) is 40.7 Å². The topological polar surface area (TPSA) is 660 Å².